The van der Waals surface area contributed by atoms with E-state index in [0.717, 1.165) is 6.07 Å². The van der Waals surface area contributed by atoms with Crippen LogP contribution in [0.3, 0.4) is 0 Å². The molecule has 2 aromatic heterocycles. The van der Waals surface area contributed by atoms with Crippen molar-refractivity contribution in [2.24, 2.45) is 0 Å². The van der Waals surface area contributed by atoms with Crippen LogP contribution in [0.1, 0.15) is 0 Å². The average molecular weight is 296 g/mol. The number of nitrogens with zero attached hydrogens (tertiary/aromatic N) is 1. The molecular formula is C13H8ClF2N3O. The number of halogens is 3. The molecule has 2 heterocycles. The van der Waals surface area contributed by atoms with Gasteiger partial charge in [-0.2, -0.15) is 0 Å². The lowest BCUT2D eigenvalue weighted by Crippen LogP contribution is -1.91. The Morgan fingerprint density at radius 1 is 1.15 bits per heavy atom. The van der Waals surface area contributed by atoms with E-state index < -0.39 is 11.6 Å². The Bertz CT molecular complexity index is 832. The molecule has 0 saturated carbocycles. The van der Waals surface area contributed by atoms with Crippen molar-refractivity contribution in [2.45, 2.75) is 0 Å². The van der Waals surface area contributed by atoms with E-state index in [1.165, 1.54) is 6.20 Å². The molecule has 0 radical (unpaired) electrons. The summed E-state index contributed by atoms with van der Waals surface area (Å²) in [7, 11) is 0. The van der Waals surface area contributed by atoms with E-state index in [1.54, 1.807) is 6.07 Å². The number of nitrogens with two attached hydrogens (primary N) is 2. The van der Waals surface area contributed by atoms with Gasteiger partial charge in [-0.3, -0.25) is 4.98 Å². The van der Waals surface area contributed by atoms with Crippen molar-refractivity contribution in [3.8, 4) is 11.3 Å². The third kappa shape index (κ3) is 1.77. The van der Waals surface area contributed by atoms with Gasteiger partial charge in [0.25, 0.3) is 0 Å². The number of hydrogen-bond acceptors (Lipinski definition) is 4. The first kappa shape index (κ1) is 12.7. The van der Waals surface area contributed by atoms with Gasteiger partial charge in [-0.15, -0.1) is 0 Å². The van der Waals surface area contributed by atoms with Gasteiger partial charge in [0.05, 0.1) is 5.02 Å². The molecule has 0 aliphatic heterocycles. The van der Waals surface area contributed by atoms with Crippen LogP contribution in [0.15, 0.2) is 28.8 Å². The van der Waals surface area contributed by atoms with Crippen LogP contribution in [-0.2, 0) is 0 Å². The first-order valence-corrected chi connectivity index (χ1v) is 5.94. The van der Waals surface area contributed by atoms with Gasteiger partial charge in [0, 0.05) is 23.2 Å². The zero-order valence-electron chi connectivity index (χ0n) is 9.95. The molecule has 0 amide bonds. The van der Waals surface area contributed by atoms with Crippen molar-refractivity contribution in [3.05, 3.63) is 41.1 Å². The molecule has 0 aliphatic carbocycles. The lowest BCUT2D eigenvalue weighted by Gasteiger charge is -2.04. The van der Waals surface area contributed by atoms with Crippen LogP contribution in [0.4, 0.5) is 20.4 Å². The van der Waals surface area contributed by atoms with Crippen molar-refractivity contribution in [1.82, 2.24) is 4.98 Å². The highest BCUT2D eigenvalue weighted by molar-refractivity contribution is 6.31. The van der Waals surface area contributed by atoms with Crippen LogP contribution in [0.2, 0.25) is 5.02 Å². The summed E-state index contributed by atoms with van der Waals surface area (Å²) in [5.74, 6) is -1.64. The van der Waals surface area contributed by atoms with Crippen LogP contribution < -0.4 is 11.5 Å². The molecule has 4 N–H and O–H groups in total. The summed E-state index contributed by atoms with van der Waals surface area (Å²) in [5.41, 5.74) is 12.0. The minimum Gasteiger partial charge on any atom is -0.436 e. The van der Waals surface area contributed by atoms with Gasteiger partial charge in [-0.05, 0) is 12.1 Å². The number of nitrogen functional groups attached to an aromatic ring is 2. The van der Waals surface area contributed by atoms with E-state index in [9.17, 15) is 8.78 Å². The van der Waals surface area contributed by atoms with Crippen LogP contribution in [-0.4, -0.2) is 4.98 Å². The Labute approximate surface area is 116 Å². The molecule has 3 aromatic rings. The number of anilines is 2. The zero-order valence-corrected chi connectivity index (χ0v) is 10.7. The Hall–Kier alpha value is -2.34. The minimum absolute atomic E-state index is 0.00995. The van der Waals surface area contributed by atoms with Gasteiger partial charge in [0.15, 0.2) is 5.58 Å². The fourth-order valence-corrected chi connectivity index (χ4v) is 2.12. The average Bonchev–Trinajstić information content (AvgIpc) is 2.70. The molecule has 0 fully saturated rings. The largest absolute Gasteiger partial charge is 0.436 e. The molecule has 0 bridgehead atoms. The summed E-state index contributed by atoms with van der Waals surface area (Å²) >= 11 is 5.67. The predicted octanol–water partition coefficient (Wildman–Crippen LogP) is 3.59. The summed E-state index contributed by atoms with van der Waals surface area (Å²) in [4.78, 5) is 4.04. The SMILES string of the molecule is Nc1oc2c(-c3cc(Cl)c(F)cc3F)nccc2c1N. The van der Waals surface area contributed by atoms with Crippen molar-refractivity contribution in [1.29, 1.82) is 0 Å². The topological polar surface area (TPSA) is 78.1 Å². The number of fused-ring (bicyclic) bond motifs is 1. The second kappa shape index (κ2) is 4.35. The number of pyridine rings is 1. The number of hydrogen-bond donors (Lipinski definition) is 2. The number of furan rings is 1. The molecule has 102 valence electrons. The zero-order chi connectivity index (χ0) is 14.4. The third-order valence-corrected chi connectivity index (χ3v) is 3.23. The highest BCUT2D eigenvalue weighted by atomic mass is 35.5. The van der Waals surface area contributed by atoms with Gasteiger partial charge < -0.3 is 15.9 Å². The molecule has 0 atom stereocenters. The molecule has 0 aliphatic rings. The Balaban J connectivity index is 2.35. The summed E-state index contributed by atoms with van der Waals surface area (Å²) in [6.45, 7) is 0. The van der Waals surface area contributed by atoms with Crippen molar-refractivity contribution < 1.29 is 13.2 Å². The summed E-state index contributed by atoms with van der Waals surface area (Å²) in [5, 5.41) is 0.292. The van der Waals surface area contributed by atoms with E-state index in [4.69, 9.17) is 27.5 Å². The normalized spacial score (nSPS) is 11.2. The number of benzene rings is 1. The Kier molecular flexibility index (Phi) is 2.76. The highest BCUT2D eigenvalue weighted by Crippen LogP contribution is 2.37. The summed E-state index contributed by atoms with van der Waals surface area (Å²) < 4.78 is 32.4. The van der Waals surface area contributed by atoms with Crippen molar-refractivity contribution >= 4 is 34.1 Å². The molecule has 0 saturated heterocycles. The standard InChI is InChI=1S/C13H8ClF2N3O/c14-7-3-6(8(15)4-9(7)16)11-12-5(1-2-19-11)10(17)13(18)20-12/h1-4H,17-18H2. The number of aromatic nitrogens is 1. The highest BCUT2D eigenvalue weighted by Gasteiger charge is 2.18. The van der Waals surface area contributed by atoms with Gasteiger partial charge in [0.2, 0.25) is 5.88 Å². The molecule has 3 rings (SSSR count). The summed E-state index contributed by atoms with van der Waals surface area (Å²) in [6.07, 6.45) is 1.43. The maximum Gasteiger partial charge on any atom is 0.214 e. The number of rotatable bonds is 1. The van der Waals surface area contributed by atoms with Gasteiger partial charge >= 0.3 is 0 Å². The molecule has 1 aromatic carbocycles. The lowest BCUT2D eigenvalue weighted by molar-refractivity contribution is 0.584. The van der Waals surface area contributed by atoms with E-state index >= 15 is 0 Å². The quantitative estimate of drug-likeness (QED) is 0.672. The van der Waals surface area contributed by atoms with Crippen molar-refractivity contribution in [2.75, 3.05) is 11.5 Å². The molecule has 0 spiro atoms. The molecule has 20 heavy (non-hydrogen) atoms. The Morgan fingerprint density at radius 2 is 1.90 bits per heavy atom. The maximum absolute atomic E-state index is 13.9. The second-order valence-corrected chi connectivity index (χ2v) is 4.57. The van der Waals surface area contributed by atoms with Gasteiger partial charge in [-0.1, -0.05) is 11.6 Å². The van der Waals surface area contributed by atoms with Crippen LogP contribution >= 0.6 is 11.6 Å². The van der Waals surface area contributed by atoms with Crippen molar-refractivity contribution in [3.63, 3.8) is 0 Å². The van der Waals surface area contributed by atoms with Gasteiger partial charge in [-0.25, -0.2) is 8.78 Å². The van der Waals surface area contributed by atoms with E-state index in [2.05, 4.69) is 4.98 Å². The first-order chi connectivity index (χ1) is 9.49. The molecule has 4 nitrogen and oxygen atoms in total. The lowest BCUT2D eigenvalue weighted by atomic mass is 10.1. The van der Waals surface area contributed by atoms with E-state index in [0.29, 0.717) is 11.5 Å². The predicted molar refractivity (Wildman–Crippen MR) is 73.2 cm³/mol. The van der Waals surface area contributed by atoms with Gasteiger partial charge in [0.1, 0.15) is 23.0 Å². The fourth-order valence-electron chi connectivity index (χ4n) is 1.96. The second-order valence-electron chi connectivity index (χ2n) is 4.16. The molecular weight excluding hydrogens is 288 g/mol. The monoisotopic (exact) mass is 295 g/mol. The molecule has 7 heteroatoms. The van der Waals surface area contributed by atoms with Crippen LogP contribution in [0, 0.1) is 11.6 Å². The third-order valence-electron chi connectivity index (χ3n) is 2.94. The molecule has 0 unspecified atom stereocenters. The first-order valence-electron chi connectivity index (χ1n) is 5.56. The summed E-state index contributed by atoms with van der Waals surface area (Å²) in [6, 6.07) is 3.42. The Morgan fingerprint density at radius 3 is 2.65 bits per heavy atom. The smallest absolute Gasteiger partial charge is 0.214 e. The van der Waals surface area contributed by atoms with E-state index in [1.807, 2.05) is 0 Å². The van der Waals surface area contributed by atoms with E-state index in [-0.39, 0.29) is 33.4 Å². The van der Waals surface area contributed by atoms with Crippen LogP contribution in [0.25, 0.3) is 22.2 Å². The minimum atomic E-state index is -0.849. The maximum atomic E-state index is 13.9. The fraction of sp³-hybridized carbons (Fsp3) is 0. The van der Waals surface area contributed by atoms with Crippen LogP contribution in [0.5, 0.6) is 0 Å².